The lowest BCUT2D eigenvalue weighted by Crippen LogP contribution is -2.40. The van der Waals surface area contributed by atoms with Gasteiger partial charge in [0.05, 0.1) is 11.7 Å². The van der Waals surface area contributed by atoms with Crippen molar-refractivity contribution in [2.45, 2.75) is 18.6 Å². The van der Waals surface area contributed by atoms with Crippen LogP contribution >= 0.6 is 11.6 Å². The molecule has 19 heavy (non-hydrogen) atoms. The van der Waals surface area contributed by atoms with Gasteiger partial charge in [0, 0.05) is 18.0 Å². The minimum absolute atomic E-state index is 0.0592. The Labute approximate surface area is 113 Å². The van der Waals surface area contributed by atoms with Gasteiger partial charge in [0.25, 0.3) is 5.91 Å². The molecule has 1 aromatic carbocycles. The highest BCUT2D eigenvalue weighted by Crippen LogP contribution is 2.23. The molecule has 2 rings (SSSR count). The molecule has 5 nitrogen and oxygen atoms in total. The highest BCUT2D eigenvalue weighted by molar-refractivity contribution is 6.30. The molecular formula is C12H11ClFNO4. The first-order valence-corrected chi connectivity index (χ1v) is 5.95. The number of aliphatic hydroxyl groups is 1. The maximum absolute atomic E-state index is 13.6. The molecule has 0 aromatic heterocycles. The summed E-state index contributed by atoms with van der Waals surface area (Å²) in [7, 11) is 0. The molecular weight excluding hydrogens is 277 g/mol. The van der Waals surface area contributed by atoms with Crippen molar-refractivity contribution >= 4 is 23.5 Å². The zero-order valence-corrected chi connectivity index (χ0v) is 10.5. The number of aliphatic hydroxyl groups excluding tert-OH is 1. The molecule has 1 amide bonds. The second-order valence-electron chi connectivity index (χ2n) is 4.33. The van der Waals surface area contributed by atoms with Crippen molar-refractivity contribution in [3.63, 3.8) is 0 Å². The molecule has 1 aliphatic rings. The van der Waals surface area contributed by atoms with E-state index < -0.39 is 29.8 Å². The molecule has 0 bridgehead atoms. The zero-order valence-electron chi connectivity index (χ0n) is 9.72. The molecule has 1 fully saturated rings. The van der Waals surface area contributed by atoms with Crippen molar-refractivity contribution in [1.29, 1.82) is 0 Å². The molecule has 2 atom stereocenters. The average Bonchev–Trinajstić information content (AvgIpc) is 2.70. The van der Waals surface area contributed by atoms with E-state index in [9.17, 15) is 19.1 Å². The van der Waals surface area contributed by atoms with Crippen LogP contribution in [0.3, 0.4) is 0 Å². The Kier molecular flexibility index (Phi) is 3.73. The Morgan fingerprint density at radius 2 is 2.11 bits per heavy atom. The van der Waals surface area contributed by atoms with Gasteiger partial charge in [-0.05, 0) is 18.2 Å². The van der Waals surface area contributed by atoms with E-state index in [4.69, 9.17) is 16.7 Å². The van der Waals surface area contributed by atoms with E-state index in [0.29, 0.717) is 0 Å². The van der Waals surface area contributed by atoms with Gasteiger partial charge < -0.3 is 15.1 Å². The number of halogens is 2. The number of hydrogen-bond acceptors (Lipinski definition) is 3. The molecule has 0 saturated carbocycles. The summed E-state index contributed by atoms with van der Waals surface area (Å²) in [6.45, 7) is -0.127. The highest BCUT2D eigenvalue weighted by Gasteiger charge is 2.39. The normalized spacial score (nSPS) is 22.6. The third-order valence-corrected chi connectivity index (χ3v) is 3.22. The van der Waals surface area contributed by atoms with E-state index in [1.54, 1.807) is 0 Å². The highest BCUT2D eigenvalue weighted by atomic mass is 35.5. The van der Waals surface area contributed by atoms with Crippen molar-refractivity contribution in [2.75, 3.05) is 6.54 Å². The number of β-amino-alcohol motifs (C(OH)–C–C–N with tert-alkyl or cyclic N) is 1. The van der Waals surface area contributed by atoms with Gasteiger partial charge >= 0.3 is 5.97 Å². The van der Waals surface area contributed by atoms with Gasteiger partial charge in [-0.2, -0.15) is 0 Å². The Hall–Kier alpha value is -1.66. The summed E-state index contributed by atoms with van der Waals surface area (Å²) in [5.74, 6) is -2.81. The lowest BCUT2D eigenvalue weighted by Gasteiger charge is -2.21. The van der Waals surface area contributed by atoms with E-state index in [0.717, 1.165) is 11.0 Å². The smallest absolute Gasteiger partial charge is 0.326 e. The van der Waals surface area contributed by atoms with Gasteiger partial charge in [-0.25, -0.2) is 9.18 Å². The molecule has 1 heterocycles. The molecule has 1 aromatic rings. The maximum Gasteiger partial charge on any atom is 0.326 e. The summed E-state index contributed by atoms with van der Waals surface area (Å²) >= 11 is 5.58. The number of aliphatic carboxylic acids is 1. The van der Waals surface area contributed by atoms with E-state index in [-0.39, 0.29) is 23.6 Å². The summed E-state index contributed by atoms with van der Waals surface area (Å²) < 4.78 is 13.6. The number of carbonyl (C=O) groups is 2. The third kappa shape index (κ3) is 2.69. The Morgan fingerprint density at radius 3 is 2.68 bits per heavy atom. The number of rotatable bonds is 2. The van der Waals surface area contributed by atoms with Crippen LogP contribution in [0.1, 0.15) is 16.8 Å². The second kappa shape index (κ2) is 5.14. The standard InChI is InChI=1S/C12H11ClFNO4/c13-6-1-2-8(9(14)3-6)11(17)15-5-7(16)4-10(15)12(18)19/h1-3,7,10,16H,4-5H2,(H,18,19)/t7-,10-/m1/s1. The van der Waals surface area contributed by atoms with Gasteiger partial charge in [0.1, 0.15) is 11.9 Å². The fraction of sp³-hybridized carbons (Fsp3) is 0.333. The fourth-order valence-corrected chi connectivity index (χ4v) is 2.25. The van der Waals surface area contributed by atoms with Gasteiger partial charge in [0.15, 0.2) is 0 Å². The quantitative estimate of drug-likeness (QED) is 0.855. The lowest BCUT2D eigenvalue weighted by molar-refractivity contribution is -0.141. The predicted octanol–water partition coefficient (Wildman–Crippen LogP) is 1.14. The predicted molar refractivity (Wildman–Crippen MR) is 64.5 cm³/mol. The third-order valence-electron chi connectivity index (χ3n) is 2.99. The van der Waals surface area contributed by atoms with Crippen molar-refractivity contribution in [2.24, 2.45) is 0 Å². The first-order chi connectivity index (χ1) is 8.90. The van der Waals surface area contributed by atoms with Gasteiger partial charge in [-0.3, -0.25) is 4.79 Å². The number of carboxylic acids is 1. The molecule has 2 N–H and O–H groups in total. The molecule has 1 aliphatic heterocycles. The van der Waals surface area contributed by atoms with E-state index in [1.165, 1.54) is 12.1 Å². The van der Waals surface area contributed by atoms with E-state index >= 15 is 0 Å². The number of hydrogen-bond donors (Lipinski definition) is 2. The van der Waals surface area contributed by atoms with Crippen molar-refractivity contribution in [3.8, 4) is 0 Å². The Bertz CT molecular complexity index is 536. The molecule has 1 saturated heterocycles. The second-order valence-corrected chi connectivity index (χ2v) is 4.76. The van der Waals surface area contributed by atoms with Crippen LogP contribution in [0.15, 0.2) is 18.2 Å². The number of benzene rings is 1. The Morgan fingerprint density at radius 1 is 1.42 bits per heavy atom. The monoisotopic (exact) mass is 287 g/mol. The number of amides is 1. The summed E-state index contributed by atoms with van der Waals surface area (Å²) in [5, 5.41) is 18.6. The lowest BCUT2D eigenvalue weighted by atomic mass is 10.1. The van der Waals surface area contributed by atoms with Crippen molar-refractivity contribution in [1.82, 2.24) is 4.90 Å². The summed E-state index contributed by atoms with van der Waals surface area (Å²) in [5.41, 5.74) is -0.259. The first-order valence-electron chi connectivity index (χ1n) is 5.57. The van der Waals surface area contributed by atoms with Crippen LogP contribution in [0.4, 0.5) is 4.39 Å². The molecule has 0 radical (unpaired) electrons. The number of carbonyl (C=O) groups excluding carboxylic acids is 1. The van der Waals surface area contributed by atoms with Crippen LogP contribution in [0, 0.1) is 5.82 Å². The minimum atomic E-state index is -1.22. The molecule has 0 spiro atoms. The SMILES string of the molecule is O=C(O)[C@H]1C[C@@H](O)CN1C(=O)c1ccc(Cl)cc1F. The van der Waals surface area contributed by atoms with Crippen LogP contribution < -0.4 is 0 Å². The van der Waals surface area contributed by atoms with Crippen LogP contribution in [0.2, 0.25) is 5.02 Å². The molecule has 102 valence electrons. The number of nitrogens with zero attached hydrogens (tertiary/aromatic N) is 1. The summed E-state index contributed by atoms with van der Waals surface area (Å²) in [4.78, 5) is 24.1. The van der Waals surface area contributed by atoms with Crippen molar-refractivity contribution in [3.05, 3.63) is 34.6 Å². The largest absolute Gasteiger partial charge is 0.480 e. The van der Waals surface area contributed by atoms with Crippen molar-refractivity contribution < 1.29 is 24.2 Å². The van der Waals surface area contributed by atoms with Crippen LogP contribution in [0.5, 0.6) is 0 Å². The van der Waals surface area contributed by atoms with Gasteiger partial charge in [0.2, 0.25) is 0 Å². The van der Waals surface area contributed by atoms with E-state index in [1.807, 2.05) is 0 Å². The molecule has 0 aliphatic carbocycles. The number of carboxylic acid groups (broad SMARTS) is 1. The van der Waals surface area contributed by atoms with Crippen LogP contribution in [-0.4, -0.2) is 45.7 Å². The Balaban J connectivity index is 2.30. The van der Waals surface area contributed by atoms with Crippen LogP contribution in [-0.2, 0) is 4.79 Å². The fourth-order valence-electron chi connectivity index (χ4n) is 2.09. The topological polar surface area (TPSA) is 77.8 Å². The first kappa shape index (κ1) is 13.8. The van der Waals surface area contributed by atoms with Gasteiger partial charge in [-0.15, -0.1) is 0 Å². The molecule has 7 heteroatoms. The van der Waals surface area contributed by atoms with Gasteiger partial charge in [-0.1, -0.05) is 11.6 Å². The number of likely N-dealkylation sites (tertiary alicyclic amines) is 1. The zero-order chi connectivity index (χ0) is 14.2. The molecule has 0 unspecified atom stereocenters. The average molecular weight is 288 g/mol. The minimum Gasteiger partial charge on any atom is -0.480 e. The summed E-state index contributed by atoms with van der Waals surface area (Å²) in [6, 6.07) is 2.39. The summed E-state index contributed by atoms with van der Waals surface area (Å²) in [6.07, 6.45) is -0.976. The maximum atomic E-state index is 13.6. The van der Waals surface area contributed by atoms with Crippen LogP contribution in [0.25, 0.3) is 0 Å². The van der Waals surface area contributed by atoms with E-state index in [2.05, 4.69) is 0 Å².